The van der Waals surface area contributed by atoms with Crippen LogP contribution in [-0.2, 0) is 10.2 Å². The fraction of sp³-hybridized carbons (Fsp3) is 0.414. The van der Waals surface area contributed by atoms with Crippen LogP contribution in [0.3, 0.4) is 0 Å². The van der Waals surface area contributed by atoms with Crippen LogP contribution < -0.4 is 15.0 Å². The Hall–Kier alpha value is -3.52. The maximum absolute atomic E-state index is 14.7. The summed E-state index contributed by atoms with van der Waals surface area (Å²) in [6.07, 6.45) is 2.42. The maximum Gasteiger partial charge on any atom is 0.229 e. The van der Waals surface area contributed by atoms with Gasteiger partial charge in [0.1, 0.15) is 12.4 Å². The molecule has 1 aliphatic rings. The predicted octanol–water partition coefficient (Wildman–Crippen LogP) is 5.78. The van der Waals surface area contributed by atoms with Crippen molar-refractivity contribution in [2.24, 2.45) is 5.92 Å². The highest BCUT2D eigenvalue weighted by Gasteiger charge is 2.28. The van der Waals surface area contributed by atoms with Crippen LogP contribution in [0.2, 0.25) is 0 Å². The van der Waals surface area contributed by atoms with E-state index in [2.05, 4.69) is 36.1 Å². The quantitative estimate of drug-likeness (QED) is 0.276. The summed E-state index contributed by atoms with van der Waals surface area (Å²) in [6, 6.07) is 15.2. The van der Waals surface area contributed by atoms with Crippen molar-refractivity contribution in [3.8, 4) is 5.75 Å². The molecule has 1 N–H and O–H groups in total. The van der Waals surface area contributed by atoms with E-state index in [-0.39, 0.29) is 22.9 Å². The number of hydrogen-bond donors (Lipinski definition) is 1. The zero-order chi connectivity index (χ0) is 26.4. The van der Waals surface area contributed by atoms with Gasteiger partial charge in [-0.2, -0.15) is 4.98 Å². The summed E-state index contributed by atoms with van der Waals surface area (Å²) >= 11 is 0. The van der Waals surface area contributed by atoms with Crippen LogP contribution in [-0.4, -0.2) is 49.2 Å². The minimum atomic E-state index is -0.475. The Balaban J connectivity index is 1.35. The lowest BCUT2D eigenvalue weighted by molar-refractivity contribution is 0.0965. The Bertz CT molecular complexity index is 1190. The van der Waals surface area contributed by atoms with Gasteiger partial charge < -0.3 is 19.7 Å². The monoisotopic (exact) mass is 506 g/mol. The molecule has 2 heterocycles. The SMILES string of the molecule is COCCOc1ccc(Nc2ncc(F)c(N3CC[C@H](CC(=O)c4ccc(C(C)(C)C)cc4)C3)n2)cc1. The average molecular weight is 507 g/mol. The van der Waals surface area contributed by atoms with Gasteiger partial charge in [0.25, 0.3) is 0 Å². The number of carbonyl (C=O) groups is 1. The van der Waals surface area contributed by atoms with Crippen molar-refractivity contribution in [1.29, 1.82) is 0 Å². The van der Waals surface area contributed by atoms with Crippen molar-refractivity contribution in [3.05, 3.63) is 71.7 Å². The van der Waals surface area contributed by atoms with Gasteiger partial charge in [0.15, 0.2) is 17.4 Å². The highest BCUT2D eigenvalue weighted by Crippen LogP contribution is 2.29. The molecule has 3 aromatic rings. The highest BCUT2D eigenvalue weighted by atomic mass is 19.1. The summed E-state index contributed by atoms with van der Waals surface area (Å²) < 4.78 is 25.2. The Morgan fingerprint density at radius 1 is 1.11 bits per heavy atom. The Morgan fingerprint density at radius 2 is 1.84 bits per heavy atom. The predicted molar refractivity (Wildman–Crippen MR) is 143 cm³/mol. The molecule has 1 fully saturated rings. The van der Waals surface area contributed by atoms with E-state index < -0.39 is 5.82 Å². The molecule has 1 atom stereocenters. The number of halogens is 1. The van der Waals surface area contributed by atoms with Gasteiger partial charge in [-0.25, -0.2) is 9.37 Å². The fourth-order valence-electron chi connectivity index (χ4n) is 4.37. The number of ketones is 1. The number of aromatic nitrogens is 2. The molecular formula is C29H35FN4O3. The van der Waals surface area contributed by atoms with Gasteiger partial charge in [0.05, 0.1) is 12.8 Å². The minimum Gasteiger partial charge on any atom is -0.491 e. The number of ether oxygens (including phenoxy) is 2. The first-order valence-corrected chi connectivity index (χ1v) is 12.6. The molecule has 0 saturated carbocycles. The van der Waals surface area contributed by atoms with Gasteiger partial charge >= 0.3 is 0 Å². The Labute approximate surface area is 218 Å². The van der Waals surface area contributed by atoms with Crippen LogP contribution in [0.5, 0.6) is 5.75 Å². The molecule has 4 rings (SSSR count). The van der Waals surface area contributed by atoms with Crippen LogP contribution in [0.4, 0.5) is 21.8 Å². The molecule has 8 heteroatoms. The van der Waals surface area contributed by atoms with Gasteiger partial charge in [-0.3, -0.25) is 4.79 Å². The number of carbonyl (C=O) groups excluding carboxylic acids is 1. The first-order valence-electron chi connectivity index (χ1n) is 12.6. The summed E-state index contributed by atoms with van der Waals surface area (Å²) in [5, 5.41) is 3.12. The second-order valence-electron chi connectivity index (χ2n) is 10.4. The van der Waals surface area contributed by atoms with E-state index >= 15 is 0 Å². The summed E-state index contributed by atoms with van der Waals surface area (Å²) in [5.41, 5.74) is 2.73. The van der Waals surface area contributed by atoms with Gasteiger partial charge in [-0.05, 0) is 47.6 Å². The molecule has 37 heavy (non-hydrogen) atoms. The summed E-state index contributed by atoms with van der Waals surface area (Å²) in [4.78, 5) is 23.3. The molecule has 0 amide bonds. The normalized spacial score (nSPS) is 15.6. The van der Waals surface area contributed by atoms with E-state index in [4.69, 9.17) is 9.47 Å². The summed E-state index contributed by atoms with van der Waals surface area (Å²) in [7, 11) is 1.63. The van der Waals surface area contributed by atoms with Crippen LogP contribution in [0.1, 0.15) is 49.5 Å². The summed E-state index contributed by atoms with van der Waals surface area (Å²) in [5.74, 6) is 1.08. The van der Waals surface area contributed by atoms with Crippen molar-refractivity contribution < 1.29 is 18.7 Å². The van der Waals surface area contributed by atoms with E-state index in [9.17, 15) is 9.18 Å². The first-order chi connectivity index (χ1) is 17.7. The number of Topliss-reactive ketones (excluding diaryl/α,β-unsaturated/α-hetero) is 1. The Morgan fingerprint density at radius 3 is 2.51 bits per heavy atom. The lowest BCUT2D eigenvalue weighted by atomic mass is 9.86. The first kappa shape index (κ1) is 26.5. The Kier molecular flexibility index (Phi) is 8.38. The molecule has 0 spiro atoms. The van der Waals surface area contributed by atoms with Crippen molar-refractivity contribution in [3.63, 3.8) is 0 Å². The zero-order valence-corrected chi connectivity index (χ0v) is 22.0. The summed E-state index contributed by atoms with van der Waals surface area (Å²) in [6.45, 7) is 8.66. The van der Waals surface area contributed by atoms with Gasteiger partial charge in [0, 0.05) is 37.9 Å². The number of nitrogens with one attached hydrogen (secondary N) is 1. The molecular weight excluding hydrogens is 471 g/mol. The van der Waals surface area contributed by atoms with E-state index in [1.165, 1.54) is 11.8 Å². The van der Waals surface area contributed by atoms with Gasteiger partial charge in [-0.15, -0.1) is 0 Å². The van der Waals surface area contributed by atoms with E-state index in [0.29, 0.717) is 38.7 Å². The molecule has 1 aliphatic heterocycles. The van der Waals surface area contributed by atoms with E-state index in [1.54, 1.807) is 7.11 Å². The van der Waals surface area contributed by atoms with Gasteiger partial charge in [-0.1, -0.05) is 45.0 Å². The van der Waals surface area contributed by atoms with Crippen molar-refractivity contribution in [1.82, 2.24) is 9.97 Å². The van der Waals surface area contributed by atoms with Crippen molar-refractivity contribution in [2.45, 2.75) is 39.0 Å². The lowest BCUT2D eigenvalue weighted by Crippen LogP contribution is -2.23. The third kappa shape index (κ3) is 7.04. The second kappa shape index (κ2) is 11.7. The lowest BCUT2D eigenvalue weighted by Gasteiger charge is -2.19. The number of benzene rings is 2. The largest absolute Gasteiger partial charge is 0.491 e. The van der Waals surface area contributed by atoms with E-state index in [1.807, 2.05) is 53.4 Å². The minimum absolute atomic E-state index is 0.0464. The molecule has 0 aliphatic carbocycles. The van der Waals surface area contributed by atoms with Crippen molar-refractivity contribution in [2.75, 3.05) is 43.6 Å². The second-order valence-corrected chi connectivity index (χ2v) is 10.4. The zero-order valence-electron chi connectivity index (χ0n) is 22.0. The average Bonchev–Trinajstić information content (AvgIpc) is 3.34. The molecule has 2 aromatic carbocycles. The number of nitrogens with zero attached hydrogens (tertiary/aromatic N) is 3. The number of anilines is 3. The molecule has 0 bridgehead atoms. The maximum atomic E-state index is 14.7. The number of methoxy groups -OCH3 is 1. The molecule has 7 nitrogen and oxygen atoms in total. The highest BCUT2D eigenvalue weighted by molar-refractivity contribution is 5.96. The van der Waals surface area contributed by atoms with Crippen molar-refractivity contribution >= 4 is 23.2 Å². The third-order valence-corrected chi connectivity index (χ3v) is 6.52. The van der Waals surface area contributed by atoms with Crippen LogP contribution in [0.15, 0.2) is 54.7 Å². The molecule has 196 valence electrons. The van der Waals surface area contributed by atoms with E-state index in [0.717, 1.165) is 23.4 Å². The standard InChI is InChI=1S/C29H35FN4O3/c1-29(2,3)22-7-5-21(6-8-22)26(35)17-20-13-14-34(19-20)27-25(30)18-31-28(33-27)32-23-9-11-24(12-10-23)37-16-15-36-4/h5-12,18,20H,13-17,19H2,1-4H3,(H,31,32,33)/t20-/m1/s1. The van der Waals surface area contributed by atoms with Crippen LogP contribution >= 0.6 is 0 Å². The molecule has 0 unspecified atom stereocenters. The number of hydrogen-bond acceptors (Lipinski definition) is 7. The van der Waals surface area contributed by atoms with Gasteiger partial charge in [0.2, 0.25) is 5.95 Å². The molecule has 0 radical (unpaired) electrons. The molecule has 1 saturated heterocycles. The third-order valence-electron chi connectivity index (χ3n) is 6.52. The van der Waals surface area contributed by atoms with Crippen LogP contribution in [0, 0.1) is 11.7 Å². The molecule has 1 aromatic heterocycles. The topological polar surface area (TPSA) is 76.6 Å². The van der Waals surface area contributed by atoms with Crippen LogP contribution in [0.25, 0.3) is 0 Å². The number of rotatable bonds is 10. The fourth-order valence-corrected chi connectivity index (χ4v) is 4.37. The smallest absolute Gasteiger partial charge is 0.229 e.